The third-order valence-electron chi connectivity index (χ3n) is 7.44. The fourth-order valence-electron chi connectivity index (χ4n) is 5.46. The Morgan fingerprint density at radius 1 is 1.06 bits per heavy atom. The Morgan fingerprint density at radius 2 is 1.82 bits per heavy atom. The van der Waals surface area contributed by atoms with Crippen molar-refractivity contribution in [2.45, 2.75) is 76.2 Å². The van der Waals surface area contributed by atoms with Crippen LogP contribution < -0.4 is 10.1 Å². The first kappa shape index (κ1) is 24.1. The summed E-state index contributed by atoms with van der Waals surface area (Å²) in [6.07, 6.45) is 9.94. The van der Waals surface area contributed by atoms with E-state index in [1.165, 1.54) is 32.2 Å². The van der Waals surface area contributed by atoms with Crippen molar-refractivity contribution in [2.24, 2.45) is 0 Å². The third kappa shape index (κ3) is 5.91. The van der Waals surface area contributed by atoms with Crippen molar-refractivity contribution >= 4 is 23.2 Å². The minimum absolute atomic E-state index is 0.0413. The Morgan fingerprint density at radius 3 is 2.55 bits per heavy atom. The van der Waals surface area contributed by atoms with E-state index in [1.54, 1.807) is 0 Å². The predicted octanol–water partition coefficient (Wildman–Crippen LogP) is 6.82. The monoisotopic (exact) mass is 468 g/mol. The smallest absolute Gasteiger partial charge is 0.235 e. The first-order chi connectivity index (χ1) is 16.1. The van der Waals surface area contributed by atoms with E-state index in [2.05, 4.69) is 17.1 Å². The Labute approximate surface area is 203 Å². The van der Waals surface area contributed by atoms with Crippen LogP contribution in [0.5, 0.6) is 5.75 Å². The van der Waals surface area contributed by atoms with Crippen LogP contribution in [-0.4, -0.2) is 36.5 Å². The summed E-state index contributed by atoms with van der Waals surface area (Å²) < 4.78 is 5.96. The number of carbonyl (C=O) groups excluding carboxylic acids is 1. The van der Waals surface area contributed by atoms with Gasteiger partial charge in [0.1, 0.15) is 5.75 Å². The quantitative estimate of drug-likeness (QED) is 0.432. The van der Waals surface area contributed by atoms with Gasteiger partial charge in [-0.3, -0.25) is 4.79 Å². The van der Waals surface area contributed by atoms with Crippen molar-refractivity contribution in [2.75, 3.05) is 25.0 Å². The second-order valence-corrected chi connectivity index (χ2v) is 10.1. The summed E-state index contributed by atoms with van der Waals surface area (Å²) in [5.74, 6) is 0.887. The molecule has 4 rings (SSSR count). The van der Waals surface area contributed by atoms with Gasteiger partial charge in [-0.25, -0.2) is 0 Å². The summed E-state index contributed by atoms with van der Waals surface area (Å²) in [4.78, 5) is 16.1. The lowest BCUT2D eigenvalue weighted by Gasteiger charge is -2.37. The van der Waals surface area contributed by atoms with E-state index < -0.39 is 5.41 Å². The molecule has 5 heteroatoms. The van der Waals surface area contributed by atoms with Crippen molar-refractivity contribution < 1.29 is 9.53 Å². The van der Waals surface area contributed by atoms with Gasteiger partial charge in [-0.15, -0.1) is 0 Å². The maximum Gasteiger partial charge on any atom is 0.235 e. The number of nitrogens with one attached hydrogen (secondary N) is 1. The zero-order valence-electron chi connectivity index (χ0n) is 19.8. The molecule has 2 aromatic rings. The zero-order chi connectivity index (χ0) is 23.1. The highest BCUT2D eigenvalue weighted by Gasteiger charge is 2.42. The number of nitrogens with zero attached hydrogens (tertiary/aromatic N) is 1. The molecule has 0 spiro atoms. The lowest BCUT2D eigenvalue weighted by Crippen LogP contribution is -2.42. The molecular formula is C28H37ClN2O2. The van der Waals surface area contributed by atoms with Gasteiger partial charge < -0.3 is 15.0 Å². The van der Waals surface area contributed by atoms with Crippen LogP contribution in [0.2, 0.25) is 5.02 Å². The van der Waals surface area contributed by atoms with Crippen molar-refractivity contribution in [3.05, 3.63) is 59.1 Å². The average molecular weight is 469 g/mol. The third-order valence-corrected chi connectivity index (χ3v) is 7.77. The molecule has 1 N–H and O–H groups in total. The summed E-state index contributed by atoms with van der Waals surface area (Å²) >= 11 is 6.53. The first-order valence-electron chi connectivity index (χ1n) is 12.6. The van der Waals surface area contributed by atoms with Crippen LogP contribution in [0.15, 0.2) is 48.5 Å². The molecule has 1 amide bonds. The molecule has 1 saturated heterocycles. The molecule has 4 nitrogen and oxygen atoms in total. The van der Waals surface area contributed by atoms with Gasteiger partial charge in [0.25, 0.3) is 0 Å². The Hall–Kier alpha value is -2.04. The summed E-state index contributed by atoms with van der Waals surface area (Å²) in [7, 11) is 0. The van der Waals surface area contributed by atoms with E-state index in [0.29, 0.717) is 17.7 Å². The van der Waals surface area contributed by atoms with Gasteiger partial charge in [0.05, 0.1) is 12.0 Å². The number of rotatable bonds is 8. The first-order valence-corrected chi connectivity index (χ1v) is 13.0. The molecular weight excluding hydrogens is 432 g/mol. The molecule has 1 saturated carbocycles. The fraction of sp³-hybridized carbons (Fsp3) is 0.536. The number of halogens is 1. The maximum atomic E-state index is 13.5. The molecule has 178 valence electrons. The summed E-state index contributed by atoms with van der Waals surface area (Å²) in [5, 5.41) is 3.84. The van der Waals surface area contributed by atoms with Gasteiger partial charge in [0.2, 0.25) is 5.91 Å². The number of likely N-dealkylation sites (tertiary alicyclic amines) is 1. The van der Waals surface area contributed by atoms with Crippen LogP contribution in [0, 0.1) is 0 Å². The molecule has 0 radical (unpaired) electrons. The second-order valence-electron chi connectivity index (χ2n) is 9.68. The fourth-order valence-corrected chi connectivity index (χ4v) is 5.77. The van der Waals surface area contributed by atoms with E-state index >= 15 is 0 Å². The average Bonchev–Trinajstić information content (AvgIpc) is 2.84. The molecule has 33 heavy (non-hydrogen) atoms. The largest absolute Gasteiger partial charge is 0.494 e. The predicted molar refractivity (Wildman–Crippen MR) is 136 cm³/mol. The zero-order valence-corrected chi connectivity index (χ0v) is 20.6. The summed E-state index contributed by atoms with van der Waals surface area (Å²) in [6, 6.07) is 16.2. The molecule has 2 aliphatic rings. The molecule has 1 atom stereocenters. The highest BCUT2D eigenvalue weighted by atomic mass is 35.5. The van der Waals surface area contributed by atoms with Crippen molar-refractivity contribution in [3.63, 3.8) is 0 Å². The summed E-state index contributed by atoms with van der Waals surface area (Å²) in [6.45, 7) is 5.35. The normalized spacial score (nSPS) is 20.8. The van der Waals surface area contributed by atoms with Gasteiger partial charge in [-0.05, 0) is 81.5 Å². The lowest BCUT2D eigenvalue weighted by molar-refractivity contribution is -0.122. The number of hydrogen-bond acceptors (Lipinski definition) is 3. The van der Waals surface area contributed by atoms with Crippen LogP contribution >= 0.6 is 11.6 Å². The molecule has 0 aromatic heterocycles. The number of piperidine rings is 1. The van der Waals surface area contributed by atoms with Gasteiger partial charge in [-0.2, -0.15) is 0 Å². The van der Waals surface area contributed by atoms with Crippen molar-refractivity contribution in [3.8, 4) is 5.75 Å². The molecule has 1 aliphatic carbocycles. The van der Waals surface area contributed by atoms with Crippen LogP contribution in [0.4, 0.5) is 5.69 Å². The minimum Gasteiger partial charge on any atom is -0.494 e. The van der Waals surface area contributed by atoms with Gasteiger partial charge in [0, 0.05) is 23.3 Å². The van der Waals surface area contributed by atoms with E-state index in [-0.39, 0.29) is 5.91 Å². The maximum absolute atomic E-state index is 13.5. The SMILES string of the molecule is C[C@@H]1CCCCN1CCCOc1ccc(NC(=O)C2(c3ccccc3Cl)CCCCC2)cc1. The van der Waals surface area contributed by atoms with Crippen molar-refractivity contribution in [1.82, 2.24) is 4.90 Å². The number of carbonyl (C=O) groups is 1. The number of benzene rings is 2. The highest BCUT2D eigenvalue weighted by molar-refractivity contribution is 6.31. The van der Waals surface area contributed by atoms with Crippen LogP contribution in [0.3, 0.4) is 0 Å². The molecule has 1 aliphatic heterocycles. The Kier molecular flexibility index (Phi) is 8.32. The molecule has 0 unspecified atom stereocenters. The minimum atomic E-state index is -0.558. The number of amides is 1. The number of anilines is 1. The van der Waals surface area contributed by atoms with Gasteiger partial charge >= 0.3 is 0 Å². The number of hydrogen-bond donors (Lipinski definition) is 1. The van der Waals surface area contributed by atoms with E-state index in [4.69, 9.17) is 16.3 Å². The molecule has 1 heterocycles. The van der Waals surface area contributed by atoms with Crippen LogP contribution in [0.25, 0.3) is 0 Å². The number of ether oxygens (including phenoxy) is 1. The van der Waals surface area contributed by atoms with E-state index in [1.807, 2.05) is 48.5 Å². The van der Waals surface area contributed by atoms with E-state index in [0.717, 1.165) is 55.6 Å². The van der Waals surface area contributed by atoms with Gasteiger partial charge in [-0.1, -0.05) is 55.5 Å². The van der Waals surface area contributed by atoms with E-state index in [9.17, 15) is 4.79 Å². The standard InChI is InChI=1S/C28H37ClN2O2/c1-22-10-5-8-19-31(22)20-9-21-33-24-15-13-23(14-16-24)30-27(32)28(17-6-2-7-18-28)25-11-3-4-12-26(25)29/h3-4,11-16,22H,2,5-10,17-21H2,1H3,(H,30,32)/t22-/m1/s1. The Bertz CT molecular complexity index is 908. The van der Waals surface area contributed by atoms with Crippen LogP contribution in [0.1, 0.15) is 70.3 Å². The second kappa shape index (κ2) is 11.4. The lowest BCUT2D eigenvalue weighted by atomic mass is 9.68. The van der Waals surface area contributed by atoms with Crippen LogP contribution in [-0.2, 0) is 10.2 Å². The molecule has 0 bridgehead atoms. The topological polar surface area (TPSA) is 41.6 Å². The summed E-state index contributed by atoms with van der Waals surface area (Å²) in [5.41, 5.74) is 1.19. The van der Waals surface area contributed by atoms with Gasteiger partial charge in [0.15, 0.2) is 0 Å². The van der Waals surface area contributed by atoms with Crippen molar-refractivity contribution in [1.29, 1.82) is 0 Å². The highest BCUT2D eigenvalue weighted by Crippen LogP contribution is 2.43. The Balaban J connectivity index is 1.33. The molecule has 2 fully saturated rings. The molecule has 2 aromatic carbocycles.